The second-order valence-electron chi connectivity index (χ2n) is 6.69. The van der Waals surface area contributed by atoms with Crippen LogP contribution in [0.25, 0.3) is 10.9 Å². The summed E-state index contributed by atoms with van der Waals surface area (Å²) < 4.78 is 0. The predicted octanol–water partition coefficient (Wildman–Crippen LogP) is 3.58. The monoisotopic (exact) mass is 281 g/mol. The molecule has 1 aromatic carbocycles. The summed E-state index contributed by atoms with van der Waals surface area (Å²) in [5.41, 5.74) is 3.40. The molecule has 0 aliphatic carbocycles. The Morgan fingerprint density at radius 1 is 1.10 bits per heavy atom. The fourth-order valence-electron chi connectivity index (χ4n) is 4.11. The molecule has 21 heavy (non-hydrogen) atoms. The minimum absolute atomic E-state index is 0.589. The first-order valence-electron chi connectivity index (χ1n) is 8.05. The summed E-state index contributed by atoms with van der Waals surface area (Å²) in [7, 11) is 2.29. The van der Waals surface area contributed by atoms with Gasteiger partial charge in [-0.15, -0.1) is 0 Å². The van der Waals surface area contributed by atoms with Gasteiger partial charge in [0.1, 0.15) is 0 Å². The number of pyridine rings is 1. The molecule has 2 saturated heterocycles. The molecule has 2 aromatic rings. The van der Waals surface area contributed by atoms with Crippen LogP contribution >= 0.6 is 0 Å². The average molecular weight is 281 g/mol. The van der Waals surface area contributed by atoms with Crippen molar-refractivity contribution in [2.45, 2.75) is 50.7 Å². The number of nitrogens with zero attached hydrogens (tertiary/aromatic N) is 2. The molecule has 110 valence electrons. The highest BCUT2D eigenvalue weighted by Crippen LogP contribution is 2.36. The Bertz CT molecular complexity index is 653. The molecule has 2 unspecified atom stereocenters. The van der Waals surface area contributed by atoms with Gasteiger partial charge in [-0.3, -0.25) is 4.98 Å². The van der Waals surface area contributed by atoms with Gasteiger partial charge < -0.3 is 10.2 Å². The summed E-state index contributed by atoms with van der Waals surface area (Å²) in [6, 6.07) is 12.8. The van der Waals surface area contributed by atoms with E-state index in [4.69, 9.17) is 4.98 Å². The van der Waals surface area contributed by atoms with Crippen molar-refractivity contribution < 1.29 is 0 Å². The van der Waals surface area contributed by atoms with Crippen molar-refractivity contribution in [3.8, 4) is 0 Å². The molecule has 2 aliphatic rings. The molecule has 1 N–H and O–H groups in total. The Balaban J connectivity index is 1.62. The smallest absolute Gasteiger partial charge is 0.0936 e. The van der Waals surface area contributed by atoms with Gasteiger partial charge in [0.2, 0.25) is 0 Å². The van der Waals surface area contributed by atoms with Crippen molar-refractivity contribution >= 4 is 16.6 Å². The lowest BCUT2D eigenvalue weighted by molar-refractivity contribution is 0.169. The van der Waals surface area contributed by atoms with E-state index in [1.54, 1.807) is 0 Å². The van der Waals surface area contributed by atoms with Gasteiger partial charge in [-0.25, -0.2) is 0 Å². The van der Waals surface area contributed by atoms with Crippen molar-refractivity contribution in [3.05, 3.63) is 36.0 Å². The fraction of sp³-hybridized carbons (Fsp3) is 0.500. The molecule has 2 atom stereocenters. The van der Waals surface area contributed by atoms with Crippen LogP contribution in [0.3, 0.4) is 0 Å². The summed E-state index contributed by atoms with van der Waals surface area (Å²) in [6.07, 6.45) is 5.25. The van der Waals surface area contributed by atoms with E-state index >= 15 is 0 Å². The van der Waals surface area contributed by atoms with Crippen LogP contribution in [0.15, 0.2) is 30.3 Å². The third-order valence-corrected chi connectivity index (χ3v) is 5.32. The van der Waals surface area contributed by atoms with Gasteiger partial charge in [0, 0.05) is 29.2 Å². The number of fused-ring (bicyclic) bond motifs is 3. The summed E-state index contributed by atoms with van der Waals surface area (Å²) in [5, 5.41) is 5.01. The minimum atomic E-state index is 0.589. The lowest BCUT2D eigenvalue weighted by Crippen LogP contribution is -2.44. The standard InChI is InChI=1S/C18H23N3/c1-12-6-7-13-4-3-5-17(18(13)19-12)20-14-10-15-8-9-16(11-14)21(15)2/h3-7,14-16,20H,8-11H2,1-2H3. The molecular formula is C18H23N3. The zero-order valence-corrected chi connectivity index (χ0v) is 12.8. The molecule has 2 fully saturated rings. The normalized spacial score (nSPS) is 29.0. The third kappa shape index (κ3) is 2.30. The molecule has 3 heteroatoms. The zero-order valence-electron chi connectivity index (χ0n) is 12.8. The van der Waals surface area contributed by atoms with E-state index in [1.165, 1.54) is 36.8 Å². The van der Waals surface area contributed by atoms with E-state index in [-0.39, 0.29) is 0 Å². The topological polar surface area (TPSA) is 28.2 Å². The van der Waals surface area contributed by atoms with Crippen molar-refractivity contribution in [1.29, 1.82) is 0 Å². The van der Waals surface area contributed by atoms with Crippen molar-refractivity contribution in [2.75, 3.05) is 12.4 Å². The first-order valence-corrected chi connectivity index (χ1v) is 8.05. The van der Waals surface area contributed by atoms with E-state index in [1.807, 2.05) is 0 Å². The van der Waals surface area contributed by atoms with Crippen molar-refractivity contribution in [1.82, 2.24) is 9.88 Å². The van der Waals surface area contributed by atoms with Gasteiger partial charge in [-0.1, -0.05) is 18.2 Å². The van der Waals surface area contributed by atoms with Gasteiger partial charge in [0.25, 0.3) is 0 Å². The quantitative estimate of drug-likeness (QED) is 0.912. The second-order valence-corrected chi connectivity index (χ2v) is 6.69. The third-order valence-electron chi connectivity index (χ3n) is 5.32. The number of nitrogens with one attached hydrogen (secondary N) is 1. The summed E-state index contributed by atoms with van der Waals surface area (Å²) in [6.45, 7) is 2.06. The Labute approximate surface area is 126 Å². The molecule has 0 radical (unpaired) electrons. The molecule has 0 amide bonds. The molecule has 2 aliphatic heterocycles. The summed E-state index contributed by atoms with van der Waals surface area (Å²) in [5.74, 6) is 0. The Kier molecular flexibility index (Phi) is 3.11. The van der Waals surface area contributed by atoms with Gasteiger partial charge >= 0.3 is 0 Å². The van der Waals surface area contributed by atoms with E-state index in [0.717, 1.165) is 23.3 Å². The maximum absolute atomic E-state index is 4.74. The van der Waals surface area contributed by atoms with Crippen LogP contribution in [0.4, 0.5) is 5.69 Å². The largest absolute Gasteiger partial charge is 0.380 e. The molecule has 1 aromatic heterocycles. The number of hydrogen-bond acceptors (Lipinski definition) is 3. The molecule has 0 spiro atoms. The van der Waals surface area contributed by atoms with Crippen LogP contribution < -0.4 is 5.32 Å². The number of para-hydroxylation sites is 1. The average Bonchev–Trinajstić information content (AvgIpc) is 2.71. The number of rotatable bonds is 2. The molecule has 0 saturated carbocycles. The lowest BCUT2D eigenvalue weighted by atomic mass is 9.97. The summed E-state index contributed by atoms with van der Waals surface area (Å²) in [4.78, 5) is 7.32. The Hall–Kier alpha value is -1.61. The fourth-order valence-corrected chi connectivity index (χ4v) is 4.11. The highest BCUT2D eigenvalue weighted by atomic mass is 15.2. The SMILES string of the molecule is Cc1ccc2cccc(NC3CC4CCC(C3)N4C)c2n1. The summed E-state index contributed by atoms with van der Waals surface area (Å²) >= 11 is 0. The highest BCUT2D eigenvalue weighted by molar-refractivity contribution is 5.90. The van der Waals surface area contributed by atoms with Gasteiger partial charge in [-0.05, 0) is 51.8 Å². The maximum atomic E-state index is 4.74. The van der Waals surface area contributed by atoms with Crippen molar-refractivity contribution in [2.24, 2.45) is 0 Å². The van der Waals surface area contributed by atoms with Gasteiger partial charge in [0.15, 0.2) is 0 Å². The molecule has 3 nitrogen and oxygen atoms in total. The van der Waals surface area contributed by atoms with Crippen LogP contribution in [0.1, 0.15) is 31.4 Å². The molecule has 4 rings (SSSR count). The number of aromatic nitrogens is 1. The lowest BCUT2D eigenvalue weighted by Gasteiger charge is -2.37. The van der Waals surface area contributed by atoms with Crippen LogP contribution in [0.5, 0.6) is 0 Å². The number of benzene rings is 1. The van der Waals surface area contributed by atoms with E-state index in [9.17, 15) is 0 Å². The first kappa shape index (κ1) is 13.1. The Morgan fingerprint density at radius 2 is 1.86 bits per heavy atom. The zero-order chi connectivity index (χ0) is 14.4. The van der Waals surface area contributed by atoms with E-state index < -0.39 is 0 Å². The van der Waals surface area contributed by atoms with E-state index in [0.29, 0.717) is 6.04 Å². The molecule has 3 heterocycles. The number of anilines is 1. The molecule has 2 bridgehead atoms. The van der Waals surface area contributed by atoms with Crippen LogP contribution in [-0.2, 0) is 0 Å². The number of aryl methyl sites for hydroxylation is 1. The maximum Gasteiger partial charge on any atom is 0.0936 e. The number of hydrogen-bond donors (Lipinski definition) is 1. The minimum Gasteiger partial charge on any atom is -0.380 e. The van der Waals surface area contributed by atoms with Gasteiger partial charge in [-0.2, -0.15) is 0 Å². The number of piperidine rings is 1. The predicted molar refractivity (Wildman–Crippen MR) is 87.7 cm³/mol. The first-order chi connectivity index (χ1) is 10.2. The second kappa shape index (κ2) is 4.99. The van der Waals surface area contributed by atoms with Crippen LogP contribution in [-0.4, -0.2) is 35.1 Å². The van der Waals surface area contributed by atoms with Gasteiger partial charge in [0.05, 0.1) is 11.2 Å². The van der Waals surface area contributed by atoms with E-state index in [2.05, 4.69) is 54.5 Å². The van der Waals surface area contributed by atoms with Crippen molar-refractivity contribution in [3.63, 3.8) is 0 Å². The Morgan fingerprint density at radius 3 is 2.62 bits per heavy atom. The highest BCUT2D eigenvalue weighted by Gasteiger charge is 2.38. The van der Waals surface area contributed by atoms with Crippen LogP contribution in [0, 0.1) is 6.92 Å². The van der Waals surface area contributed by atoms with Crippen LogP contribution in [0.2, 0.25) is 0 Å². The molecular weight excluding hydrogens is 258 g/mol.